The standard InChI is InChI=1S/C23H29NS2/c1-3-19-5-9-21(10-6-19)15-25-17-23(13-14-24)18-26-16-22-11-7-20(4-2)8-12-22/h3-12,23H,1-2,13-18,24H2. The largest absolute Gasteiger partial charge is 0.330 e. The summed E-state index contributed by atoms with van der Waals surface area (Å²) in [5, 5.41) is 0. The van der Waals surface area contributed by atoms with Gasteiger partial charge in [-0.05, 0) is 52.6 Å². The van der Waals surface area contributed by atoms with E-state index >= 15 is 0 Å². The number of hydrogen-bond donors (Lipinski definition) is 1. The summed E-state index contributed by atoms with van der Waals surface area (Å²) in [7, 11) is 0. The molecule has 1 nitrogen and oxygen atoms in total. The molecule has 0 aliphatic heterocycles. The molecule has 2 N–H and O–H groups in total. The molecule has 0 radical (unpaired) electrons. The second-order valence-corrected chi connectivity index (χ2v) is 8.43. The summed E-state index contributed by atoms with van der Waals surface area (Å²) in [5.41, 5.74) is 10.9. The molecule has 26 heavy (non-hydrogen) atoms. The quantitative estimate of drug-likeness (QED) is 0.479. The smallest absolute Gasteiger partial charge is 0.0184 e. The lowest BCUT2D eigenvalue weighted by molar-refractivity contribution is 0.615. The third kappa shape index (κ3) is 7.45. The van der Waals surface area contributed by atoms with Crippen molar-refractivity contribution < 1.29 is 0 Å². The first-order valence-corrected chi connectivity index (χ1v) is 11.3. The highest BCUT2D eigenvalue weighted by atomic mass is 32.2. The van der Waals surface area contributed by atoms with Crippen LogP contribution < -0.4 is 5.73 Å². The van der Waals surface area contributed by atoms with E-state index in [9.17, 15) is 0 Å². The summed E-state index contributed by atoms with van der Waals surface area (Å²) < 4.78 is 0. The van der Waals surface area contributed by atoms with Gasteiger partial charge >= 0.3 is 0 Å². The number of rotatable bonds is 12. The molecule has 138 valence electrons. The monoisotopic (exact) mass is 383 g/mol. The Morgan fingerprint density at radius 2 is 1.19 bits per heavy atom. The summed E-state index contributed by atoms with van der Waals surface area (Å²) in [6, 6.07) is 17.3. The van der Waals surface area contributed by atoms with E-state index in [1.54, 1.807) is 0 Å². The van der Waals surface area contributed by atoms with E-state index in [0.29, 0.717) is 5.92 Å². The van der Waals surface area contributed by atoms with Crippen LogP contribution >= 0.6 is 23.5 Å². The van der Waals surface area contributed by atoms with Gasteiger partial charge in [0.05, 0.1) is 0 Å². The van der Waals surface area contributed by atoms with E-state index < -0.39 is 0 Å². The van der Waals surface area contributed by atoms with Crippen molar-refractivity contribution in [2.24, 2.45) is 11.7 Å². The highest BCUT2D eigenvalue weighted by Gasteiger charge is 2.09. The molecule has 3 heteroatoms. The summed E-state index contributed by atoms with van der Waals surface area (Å²) in [5.74, 6) is 5.14. The second kappa shape index (κ2) is 12.1. The van der Waals surface area contributed by atoms with Crippen molar-refractivity contribution in [2.75, 3.05) is 18.1 Å². The number of thioether (sulfide) groups is 2. The minimum Gasteiger partial charge on any atom is -0.330 e. The molecule has 0 fully saturated rings. The Balaban J connectivity index is 1.72. The summed E-state index contributed by atoms with van der Waals surface area (Å²) in [4.78, 5) is 0. The van der Waals surface area contributed by atoms with Gasteiger partial charge in [-0.1, -0.05) is 73.8 Å². The first-order chi connectivity index (χ1) is 12.7. The van der Waals surface area contributed by atoms with Gasteiger partial charge in [0, 0.05) is 11.5 Å². The van der Waals surface area contributed by atoms with Crippen LogP contribution in [-0.4, -0.2) is 18.1 Å². The Morgan fingerprint density at radius 1 is 0.769 bits per heavy atom. The Bertz CT molecular complexity index is 604. The lowest BCUT2D eigenvalue weighted by Crippen LogP contribution is -2.13. The molecule has 0 atom stereocenters. The maximum absolute atomic E-state index is 5.82. The van der Waals surface area contributed by atoms with Gasteiger partial charge in [0.2, 0.25) is 0 Å². The summed E-state index contributed by atoms with van der Waals surface area (Å²) in [6.45, 7) is 8.38. The van der Waals surface area contributed by atoms with Crippen LogP contribution in [0.15, 0.2) is 61.7 Å². The van der Waals surface area contributed by atoms with Crippen molar-refractivity contribution in [1.29, 1.82) is 0 Å². The van der Waals surface area contributed by atoms with Gasteiger partial charge in [-0.15, -0.1) is 0 Å². The molecule has 0 aliphatic rings. The number of benzene rings is 2. The van der Waals surface area contributed by atoms with Gasteiger partial charge < -0.3 is 5.73 Å². The van der Waals surface area contributed by atoms with Gasteiger partial charge in [0.15, 0.2) is 0 Å². The van der Waals surface area contributed by atoms with Crippen molar-refractivity contribution in [2.45, 2.75) is 17.9 Å². The van der Waals surface area contributed by atoms with Crippen molar-refractivity contribution in [3.05, 3.63) is 83.9 Å². The average Bonchev–Trinajstić information content (AvgIpc) is 2.69. The van der Waals surface area contributed by atoms with Crippen molar-refractivity contribution >= 4 is 35.7 Å². The Kier molecular flexibility index (Phi) is 9.68. The number of hydrogen-bond acceptors (Lipinski definition) is 3. The van der Waals surface area contributed by atoms with Gasteiger partial charge in [-0.3, -0.25) is 0 Å². The maximum atomic E-state index is 5.82. The Morgan fingerprint density at radius 3 is 1.54 bits per heavy atom. The predicted octanol–water partition coefficient (Wildman–Crippen LogP) is 6.10. The fraction of sp³-hybridized carbons (Fsp3) is 0.304. The fourth-order valence-corrected chi connectivity index (χ4v) is 5.11. The molecule has 0 unspecified atom stereocenters. The highest BCUT2D eigenvalue weighted by molar-refractivity contribution is 7.99. The Hall–Kier alpha value is -1.42. The molecular formula is C23H29NS2. The van der Waals surface area contributed by atoms with E-state index in [-0.39, 0.29) is 0 Å². The van der Waals surface area contributed by atoms with Crippen molar-refractivity contribution in [3.8, 4) is 0 Å². The van der Waals surface area contributed by atoms with Crippen LogP contribution in [0.4, 0.5) is 0 Å². The van der Waals surface area contributed by atoms with E-state index in [2.05, 4.69) is 61.7 Å². The summed E-state index contributed by atoms with van der Waals surface area (Å²) >= 11 is 4.03. The molecular weight excluding hydrogens is 354 g/mol. The third-order valence-corrected chi connectivity index (χ3v) is 6.74. The van der Waals surface area contributed by atoms with E-state index in [0.717, 1.165) is 24.5 Å². The molecule has 2 rings (SSSR count). The van der Waals surface area contributed by atoms with Crippen molar-refractivity contribution in [1.82, 2.24) is 0 Å². The number of nitrogens with two attached hydrogens (primary N) is 1. The van der Waals surface area contributed by atoms with E-state index in [4.69, 9.17) is 5.73 Å². The first kappa shape index (κ1) is 20.9. The molecule has 0 bridgehead atoms. The normalized spacial score (nSPS) is 10.8. The molecule has 0 saturated heterocycles. The van der Waals surface area contributed by atoms with Crippen LogP contribution in [0.3, 0.4) is 0 Å². The fourth-order valence-electron chi connectivity index (χ4n) is 2.64. The minimum absolute atomic E-state index is 0.676. The third-order valence-electron chi connectivity index (χ3n) is 4.25. The SMILES string of the molecule is C=Cc1ccc(CSCC(CCN)CSCc2ccc(C=C)cc2)cc1. The zero-order valence-corrected chi connectivity index (χ0v) is 17.0. The molecule has 0 spiro atoms. The van der Waals surface area contributed by atoms with Crippen LogP contribution in [0, 0.1) is 5.92 Å². The van der Waals surface area contributed by atoms with Gasteiger partial charge in [-0.25, -0.2) is 0 Å². The zero-order chi connectivity index (χ0) is 18.6. The summed E-state index contributed by atoms with van der Waals surface area (Å²) in [6.07, 6.45) is 4.87. The van der Waals surface area contributed by atoms with Gasteiger partial charge in [0.1, 0.15) is 0 Å². The zero-order valence-electron chi connectivity index (χ0n) is 15.4. The maximum Gasteiger partial charge on any atom is 0.0184 e. The van der Waals surface area contributed by atoms with Gasteiger partial charge in [0.25, 0.3) is 0 Å². The second-order valence-electron chi connectivity index (χ2n) is 6.37. The lowest BCUT2D eigenvalue weighted by atomic mass is 10.1. The van der Waals surface area contributed by atoms with Crippen molar-refractivity contribution in [3.63, 3.8) is 0 Å². The predicted molar refractivity (Wildman–Crippen MR) is 123 cm³/mol. The molecule has 0 aliphatic carbocycles. The molecule has 0 aromatic heterocycles. The van der Waals surface area contributed by atoms with Crippen LogP contribution in [0.2, 0.25) is 0 Å². The van der Waals surface area contributed by atoms with E-state index in [1.807, 2.05) is 35.7 Å². The molecule has 2 aromatic rings. The van der Waals surface area contributed by atoms with Gasteiger partial charge in [-0.2, -0.15) is 23.5 Å². The van der Waals surface area contributed by atoms with Crippen LogP contribution in [0.1, 0.15) is 28.7 Å². The first-order valence-electron chi connectivity index (χ1n) is 9.03. The molecule has 0 heterocycles. The average molecular weight is 384 g/mol. The minimum atomic E-state index is 0.676. The molecule has 0 saturated carbocycles. The molecule has 0 amide bonds. The lowest BCUT2D eigenvalue weighted by Gasteiger charge is -2.15. The van der Waals surface area contributed by atoms with Crippen LogP contribution in [0.25, 0.3) is 12.2 Å². The Labute approximate surface area is 167 Å². The topological polar surface area (TPSA) is 26.0 Å². The van der Waals surface area contributed by atoms with E-state index in [1.165, 1.54) is 33.8 Å². The highest BCUT2D eigenvalue weighted by Crippen LogP contribution is 2.23. The van der Waals surface area contributed by atoms with Crippen LogP contribution in [-0.2, 0) is 11.5 Å². The van der Waals surface area contributed by atoms with Crippen LogP contribution in [0.5, 0.6) is 0 Å². The molecule has 2 aromatic carbocycles.